The first-order valence-electron chi connectivity index (χ1n) is 5.70. The Kier molecular flexibility index (Phi) is 2.72. The molecule has 2 aromatic heterocycles. The number of oxime groups is 1. The molecule has 0 aliphatic heterocycles. The summed E-state index contributed by atoms with van der Waals surface area (Å²) in [5, 5.41) is 11.7. The zero-order valence-corrected chi connectivity index (χ0v) is 9.86. The van der Waals surface area contributed by atoms with E-state index in [-0.39, 0.29) is 5.82 Å². The minimum atomic E-state index is -0.290. The lowest BCUT2D eigenvalue weighted by Crippen LogP contribution is -1.88. The summed E-state index contributed by atoms with van der Waals surface area (Å²) >= 11 is 0. The van der Waals surface area contributed by atoms with Gasteiger partial charge in [-0.2, -0.15) is 0 Å². The lowest BCUT2D eigenvalue weighted by Gasteiger charge is -2.00. The van der Waals surface area contributed by atoms with Crippen LogP contribution >= 0.6 is 0 Å². The topological polar surface area (TPSA) is 49.9 Å². The molecule has 0 amide bonds. The van der Waals surface area contributed by atoms with Gasteiger partial charge in [-0.05, 0) is 36.4 Å². The maximum atomic E-state index is 13.0. The van der Waals surface area contributed by atoms with Crippen LogP contribution < -0.4 is 0 Å². The largest absolute Gasteiger partial charge is 0.411 e. The van der Waals surface area contributed by atoms with Crippen molar-refractivity contribution >= 4 is 11.7 Å². The summed E-state index contributed by atoms with van der Waals surface area (Å²) in [5.41, 5.74) is 2.17. The highest BCUT2D eigenvalue weighted by Crippen LogP contribution is 2.22. The molecule has 0 bridgehead atoms. The standard InChI is InChI=1S/C14H10FN3O/c15-11-6-4-10(5-7-11)14-17-12(9-16-19)13-3-1-2-8-18(13)14/h1-9,19H. The first-order valence-corrected chi connectivity index (χ1v) is 5.70. The van der Waals surface area contributed by atoms with Gasteiger partial charge in [0.15, 0.2) is 0 Å². The van der Waals surface area contributed by atoms with E-state index in [1.807, 2.05) is 28.8 Å². The molecule has 5 heteroatoms. The molecule has 0 fully saturated rings. The molecule has 1 aromatic carbocycles. The minimum Gasteiger partial charge on any atom is -0.411 e. The van der Waals surface area contributed by atoms with E-state index in [2.05, 4.69) is 10.1 Å². The Morgan fingerprint density at radius 3 is 2.68 bits per heavy atom. The van der Waals surface area contributed by atoms with Crippen LogP contribution in [0.1, 0.15) is 5.69 Å². The Morgan fingerprint density at radius 2 is 1.95 bits per heavy atom. The second-order valence-electron chi connectivity index (χ2n) is 4.03. The number of nitrogens with zero attached hydrogens (tertiary/aromatic N) is 3. The molecule has 0 aliphatic rings. The van der Waals surface area contributed by atoms with Crippen LogP contribution in [-0.2, 0) is 0 Å². The van der Waals surface area contributed by atoms with Gasteiger partial charge in [-0.1, -0.05) is 11.2 Å². The maximum absolute atomic E-state index is 13.0. The third-order valence-electron chi connectivity index (χ3n) is 2.86. The van der Waals surface area contributed by atoms with Gasteiger partial charge in [0.05, 0.1) is 11.7 Å². The van der Waals surface area contributed by atoms with Crippen molar-refractivity contribution in [2.75, 3.05) is 0 Å². The molecule has 0 radical (unpaired) electrons. The van der Waals surface area contributed by atoms with Gasteiger partial charge in [0.1, 0.15) is 17.3 Å². The lowest BCUT2D eigenvalue weighted by molar-refractivity contribution is 0.322. The Morgan fingerprint density at radius 1 is 1.16 bits per heavy atom. The molecular weight excluding hydrogens is 245 g/mol. The molecule has 0 spiro atoms. The zero-order valence-electron chi connectivity index (χ0n) is 9.86. The molecule has 0 saturated heterocycles. The summed E-state index contributed by atoms with van der Waals surface area (Å²) < 4.78 is 14.8. The Labute approximate surface area is 108 Å². The van der Waals surface area contributed by atoms with Crippen LogP contribution in [0.4, 0.5) is 4.39 Å². The summed E-state index contributed by atoms with van der Waals surface area (Å²) in [6, 6.07) is 11.7. The summed E-state index contributed by atoms with van der Waals surface area (Å²) in [6.07, 6.45) is 3.14. The van der Waals surface area contributed by atoms with Crippen molar-refractivity contribution in [3.8, 4) is 11.4 Å². The molecule has 3 aromatic rings. The van der Waals surface area contributed by atoms with Gasteiger partial charge < -0.3 is 5.21 Å². The highest BCUT2D eigenvalue weighted by Gasteiger charge is 2.10. The van der Waals surface area contributed by atoms with Crippen LogP contribution in [0.2, 0.25) is 0 Å². The number of imidazole rings is 1. The van der Waals surface area contributed by atoms with E-state index in [4.69, 9.17) is 5.21 Å². The van der Waals surface area contributed by atoms with E-state index < -0.39 is 0 Å². The summed E-state index contributed by atoms with van der Waals surface area (Å²) in [5.74, 6) is 0.382. The van der Waals surface area contributed by atoms with Crippen molar-refractivity contribution in [3.63, 3.8) is 0 Å². The van der Waals surface area contributed by atoms with Gasteiger partial charge in [0, 0.05) is 11.8 Å². The predicted molar refractivity (Wildman–Crippen MR) is 70.0 cm³/mol. The van der Waals surface area contributed by atoms with Crippen molar-refractivity contribution < 1.29 is 9.60 Å². The van der Waals surface area contributed by atoms with E-state index in [0.29, 0.717) is 11.5 Å². The number of pyridine rings is 1. The first-order chi connectivity index (χ1) is 9.29. The SMILES string of the molecule is ON=Cc1nc(-c2ccc(F)cc2)n2ccccc12. The van der Waals surface area contributed by atoms with E-state index in [9.17, 15) is 4.39 Å². The van der Waals surface area contributed by atoms with Gasteiger partial charge in [0.2, 0.25) is 0 Å². The van der Waals surface area contributed by atoms with Crippen LogP contribution in [-0.4, -0.2) is 20.8 Å². The molecule has 0 atom stereocenters. The summed E-state index contributed by atoms with van der Waals surface area (Å²) in [6.45, 7) is 0. The van der Waals surface area contributed by atoms with E-state index in [0.717, 1.165) is 11.1 Å². The van der Waals surface area contributed by atoms with Gasteiger partial charge in [-0.3, -0.25) is 4.40 Å². The van der Waals surface area contributed by atoms with E-state index in [1.165, 1.54) is 18.3 Å². The van der Waals surface area contributed by atoms with Crippen molar-refractivity contribution in [2.24, 2.45) is 5.16 Å². The second kappa shape index (κ2) is 4.53. The third kappa shape index (κ3) is 1.95. The Bertz CT molecular complexity index is 747. The molecule has 4 nitrogen and oxygen atoms in total. The average Bonchev–Trinajstić information content (AvgIpc) is 2.80. The van der Waals surface area contributed by atoms with Gasteiger partial charge >= 0.3 is 0 Å². The van der Waals surface area contributed by atoms with E-state index >= 15 is 0 Å². The number of rotatable bonds is 2. The molecular formula is C14H10FN3O. The zero-order chi connectivity index (χ0) is 13.2. The monoisotopic (exact) mass is 255 g/mol. The number of halogens is 1. The van der Waals surface area contributed by atoms with Gasteiger partial charge in [-0.15, -0.1) is 0 Å². The normalized spacial score (nSPS) is 11.4. The molecule has 19 heavy (non-hydrogen) atoms. The molecule has 3 rings (SSSR count). The lowest BCUT2D eigenvalue weighted by atomic mass is 10.2. The van der Waals surface area contributed by atoms with Crippen molar-refractivity contribution in [2.45, 2.75) is 0 Å². The average molecular weight is 255 g/mol. The number of hydrogen-bond donors (Lipinski definition) is 1. The van der Waals surface area contributed by atoms with Crippen LogP contribution in [0.5, 0.6) is 0 Å². The fraction of sp³-hybridized carbons (Fsp3) is 0. The molecule has 1 N–H and O–H groups in total. The van der Waals surface area contributed by atoms with Crippen molar-refractivity contribution in [1.82, 2.24) is 9.38 Å². The van der Waals surface area contributed by atoms with Crippen LogP contribution in [0.15, 0.2) is 53.8 Å². The summed E-state index contributed by atoms with van der Waals surface area (Å²) in [4.78, 5) is 4.41. The number of fused-ring (bicyclic) bond motifs is 1. The van der Waals surface area contributed by atoms with Crippen LogP contribution in [0.25, 0.3) is 16.9 Å². The van der Waals surface area contributed by atoms with Crippen LogP contribution in [0, 0.1) is 5.82 Å². The first kappa shape index (κ1) is 11.4. The molecule has 0 aliphatic carbocycles. The number of hydrogen-bond acceptors (Lipinski definition) is 3. The van der Waals surface area contributed by atoms with Gasteiger partial charge in [-0.25, -0.2) is 9.37 Å². The highest BCUT2D eigenvalue weighted by atomic mass is 19.1. The molecule has 94 valence electrons. The fourth-order valence-electron chi connectivity index (χ4n) is 2.01. The Hall–Kier alpha value is -2.69. The smallest absolute Gasteiger partial charge is 0.145 e. The molecule has 2 heterocycles. The molecule has 0 saturated carbocycles. The molecule has 0 unspecified atom stereocenters. The number of aromatic nitrogens is 2. The van der Waals surface area contributed by atoms with Crippen LogP contribution in [0.3, 0.4) is 0 Å². The quantitative estimate of drug-likeness (QED) is 0.435. The van der Waals surface area contributed by atoms with Gasteiger partial charge in [0.25, 0.3) is 0 Å². The van der Waals surface area contributed by atoms with E-state index in [1.54, 1.807) is 12.1 Å². The maximum Gasteiger partial charge on any atom is 0.145 e. The van der Waals surface area contributed by atoms with Crippen molar-refractivity contribution in [3.05, 3.63) is 60.2 Å². The Balaban J connectivity index is 2.26. The fourth-order valence-corrected chi connectivity index (χ4v) is 2.01. The predicted octanol–water partition coefficient (Wildman–Crippen LogP) is 2.95. The highest BCUT2D eigenvalue weighted by molar-refractivity contribution is 5.88. The third-order valence-corrected chi connectivity index (χ3v) is 2.86. The number of benzene rings is 1. The van der Waals surface area contributed by atoms with Crippen molar-refractivity contribution in [1.29, 1.82) is 0 Å². The second-order valence-corrected chi connectivity index (χ2v) is 4.03. The minimum absolute atomic E-state index is 0.290. The summed E-state index contributed by atoms with van der Waals surface area (Å²) in [7, 11) is 0.